The van der Waals surface area contributed by atoms with E-state index in [1.54, 1.807) is 0 Å². The molecule has 0 saturated carbocycles. The van der Waals surface area contributed by atoms with Gasteiger partial charge in [0.25, 0.3) is 0 Å². The number of aromatic amines is 1. The molecule has 0 aliphatic rings. The maximum absolute atomic E-state index is 3.17. The summed E-state index contributed by atoms with van der Waals surface area (Å²) in [4.78, 5) is 3.17. The second-order valence-corrected chi connectivity index (χ2v) is 2.69. The monoisotopic (exact) mass is 144 g/mol. The van der Waals surface area contributed by atoms with Crippen molar-refractivity contribution >= 4 is 10.8 Å². The van der Waals surface area contributed by atoms with Gasteiger partial charge in [-0.3, -0.25) is 0 Å². The number of rotatable bonds is 0. The van der Waals surface area contributed by atoms with Gasteiger partial charge in [-0.05, 0) is 11.5 Å². The Morgan fingerprint density at radius 2 is 1.91 bits per heavy atom. The summed E-state index contributed by atoms with van der Waals surface area (Å²) in [5.41, 5.74) is 1.23. The van der Waals surface area contributed by atoms with E-state index in [2.05, 4.69) is 42.2 Å². The first-order chi connectivity index (χ1) is 5.38. The van der Waals surface area contributed by atoms with Crippen LogP contribution in [0.4, 0.5) is 0 Å². The molecule has 0 spiro atoms. The Balaban J connectivity index is 2.91. The van der Waals surface area contributed by atoms with Crippen molar-refractivity contribution in [2.45, 2.75) is 6.92 Å². The zero-order valence-electron chi connectivity index (χ0n) is 6.46. The molecule has 0 aliphatic carbocycles. The van der Waals surface area contributed by atoms with Crippen molar-refractivity contribution in [3.05, 3.63) is 42.2 Å². The van der Waals surface area contributed by atoms with Crippen LogP contribution in [-0.2, 0) is 0 Å². The molecule has 1 heterocycles. The molecule has 54 valence electrons. The van der Waals surface area contributed by atoms with Crippen LogP contribution in [0, 0.1) is 6.92 Å². The molecule has 0 saturated heterocycles. The van der Waals surface area contributed by atoms with Crippen LogP contribution < -0.4 is 4.98 Å². The van der Waals surface area contributed by atoms with Gasteiger partial charge in [0.2, 0.25) is 0 Å². The van der Waals surface area contributed by atoms with E-state index in [1.165, 1.54) is 16.5 Å². The average molecular weight is 144 g/mol. The molecule has 11 heavy (non-hydrogen) atoms. The second-order valence-electron chi connectivity index (χ2n) is 2.69. The lowest BCUT2D eigenvalue weighted by Crippen LogP contribution is -2.05. The molecule has 1 aromatic carbocycles. The number of nitrogens with one attached hydrogen (secondary N) is 1. The number of benzene rings is 1. The van der Waals surface area contributed by atoms with Crippen LogP contribution in [0.3, 0.4) is 0 Å². The SMILES string of the molecule is Cc1[nH+]ccc2ccccc12. The topological polar surface area (TPSA) is 14.1 Å². The highest BCUT2D eigenvalue weighted by Crippen LogP contribution is 2.12. The fourth-order valence-corrected chi connectivity index (χ4v) is 1.32. The maximum Gasteiger partial charge on any atom is 0.184 e. The summed E-state index contributed by atoms with van der Waals surface area (Å²) < 4.78 is 0. The number of fused-ring (bicyclic) bond motifs is 1. The molecule has 0 bridgehead atoms. The zero-order chi connectivity index (χ0) is 7.68. The first-order valence-electron chi connectivity index (χ1n) is 3.74. The molecular formula is C10H10N+. The molecule has 1 N–H and O–H groups in total. The maximum atomic E-state index is 3.17. The average Bonchev–Trinajstić information content (AvgIpc) is 2.06. The van der Waals surface area contributed by atoms with Crippen molar-refractivity contribution < 1.29 is 4.98 Å². The lowest BCUT2D eigenvalue weighted by Gasteiger charge is -1.93. The van der Waals surface area contributed by atoms with Crippen LogP contribution in [0.2, 0.25) is 0 Å². The Hall–Kier alpha value is -1.37. The van der Waals surface area contributed by atoms with Crippen LogP contribution in [-0.4, -0.2) is 0 Å². The highest BCUT2D eigenvalue weighted by Gasteiger charge is 1.98. The van der Waals surface area contributed by atoms with Crippen molar-refractivity contribution in [1.29, 1.82) is 0 Å². The number of hydrogen-bond acceptors (Lipinski definition) is 0. The molecule has 0 atom stereocenters. The minimum Gasteiger partial charge on any atom is -0.215 e. The first kappa shape index (κ1) is 6.35. The standard InChI is InChI=1S/C10H9N/c1-8-10-5-3-2-4-9(10)6-7-11-8/h2-7H,1H3/p+1. The fourth-order valence-electron chi connectivity index (χ4n) is 1.32. The van der Waals surface area contributed by atoms with E-state index in [0.717, 1.165) is 0 Å². The predicted molar refractivity (Wildman–Crippen MR) is 45.2 cm³/mol. The number of aromatic nitrogens is 1. The van der Waals surface area contributed by atoms with E-state index < -0.39 is 0 Å². The van der Waals surface area contributed by atoms with Crippen LogP contribution in [0.1, 0.15) is 5.69 Å². The third kappa shape index (κ3) is 0.984. The molecule has 1 heteroatoms. The van der Waals surface area contributed by atoms with Gasteiger partial charge in [-0.2, -0.15) is 0 Å². The molecule has 2 rings (SSSR count). The summed E-state index contributed by atoms with van der Waals surface area (Å²) in [6.07, 6.45) is 1.97. The van der Waals surface area contributed by atoms with Crippen molar-refractivity contribution in [2.24, 2.45) is 0 Å². The Bertz CT molecular complexity index is 374. The lowest BCUT2D eigenvalue weighted by molar-refractivity contribution is -0.385. The molecule has 0 amide bonds. The van der Waals surface area contributed by atoms with Gasteiger partial charge in [0, 0.05) is 18.4 Å². The normalized spacial score (nSPS) is 10.3. The molecule has 1 nitrogen and oxygen atoms in total. The lowest BCUT2D eigenvalue weighted by atomic mass is 10.1. The van der Waals surface area contributed by atoms with E-state index in [9.17, 15) is 0 Å². The van der Waals surface area contributed by atoms with E-state index >= 15 is 0 Å². The van der Waals surface area contributed by atoms with Gasteiger partial charge in [0.15, 0.2) is 11.9 Å². The van der Waals surface area contributed by atoms with Gasteiger partial charge in [0.1, 0.15) is 0 Å². The smallest absolute Gasteiger partial charge is 0.184 e. The van der Waals surface area contributed by atoms with Crippen molar-refractivity contribution in [1.82, 2.24) is 0 Å². The third-order valence-electron chi connectivity index (χ3n) is 1.93. The van der Waals surface area contributed by atoms with Gasteiger partial charge in [0.05, 0.1) is 0 Å². The highest BCUT2D eigenvalue weighted by molar-refractivity contribution is 5.82. The van der Waals surface area contributed by atoms with Crippen molar-refractivity contribution in [3.8, 4) is 0 Å². The predicted octanol–water partition coefficient (Wildman–Crippen LogP) is 1.96. The van der Waals surface area contributed by atoms with Gasteiger partial charge in [-0.25, -0.2) is 4.98 Å². The largest absolute Gasteiger partial charge is 0.215 e. The minimum absolute atomic E-state index is 1.23. The molecule has 1 aromatic heterocycles. The number of hydrogen-bond donors (Lipinski definition) is 0. The molecule has 0 unspecified atom stereocenters. The molecule has 0 fully saturated rings. The van der Waals surface area contributed by atoms with E-state index in [4.69, 9.17) is 0 Å². The quantitative estimate of drug-likeness (QED) is 0.536. The summed E-state index contributed by atoms with van der Waals surface area (Å²) in [5.74, 6) is 0. The first-order valence-corrected chi connectivity index (χ1v) is 3.74. The van der Waals surface area contributed by atoms with Crippen LogP contribution in [0.5, 0.6) is 0 Å². The molecule has 2 aromatic rings. The second kappa shape index (κ2) is 2.35. The van der Waals surface area contributed by atoms with Gasteiger partial charge in [-0.1, -0.05) is 18.2 Å². The van der Waals surface area contributed by atoms with Crippen LogP contribution in [0.25, 0.3) is 10.8 Å². The molecular weight excluding hydrogens is 134 g/mol. The van der Waals surface area contributed by atoms with E-state index in [0.29, 0.717) is 0 Å². The Kier molecular flexibility index (Phi) is 1.35. The Morgan fingerprint density at radius 1 is 1.09 bits per heavy atom. The summed E-state index contributed by atoms with van der Waals surface area (Å²) in [7, 11) is 0. The molecule has 0 aliphatic heterocycles. The summed E-state index contributed by atoms with van der Waals surface area (Å²) >= 11 is 0. The Labute approximate surface area is 65.7 Å². The fraction of sp³-hybridized carbons (Fsp3) is 0.100. The third-order valence-corrected chi connectivity index (χ3v) is 1.93. The summed E-state index contributed by atoms with van der Waals surface area (Å²) in [6.45, 7) is 2.09. The van der Waals surface area contributed by atoms with E-state index in [1.807, 2.05) is 6.20 Å². The van der Waals surface area contributed by atoms with E-state index in [-0.39, 0.29) is 0 Å². The Morgan fingerprint density at radius 3 is 2.73 bits per heavy atom. The highest BCUT2D eigenvalue weighted by atomic mass is 14.7. The minimum atomic E-state index is 1.23. The summed E-state index contributed by atoms with van der Waals surface area (Å²) in [5, 5.41) is 2.60. The number of aryl methyl sites for hydroxylation is 1. The van der Waals surface area contributed by atoms with Crippen LogP contribution >= 0.6 is 0 Å². The number of pyridine rings is 1. The van der Waals surface area contributed by atoms with Gasteiger partial charge >= 0.3 is 0 Å². The summed E-state index contributed by atoms with van der Waals surface area (Å²) in [6, 6.07) is 10.4. The van der Waals surface area contributed by atoms with Gasteiger partial charge in [-0.15, -0.1) is 0 Å². The van der Waals surface area contributed by atoms with Crippen molar-refractivity contribution in [2.75, 3.05) is 0 Å². The zero-order valence-corrected chi connectivity index (χ0v) is 6.46. The van der Waals surface area contributed by atoms with Crippen LogP contribution in [0.15, 0.2) is 36.5 Å². The number of H-pyrrole nitrogens is 1. The molecule has 0 radical (unpaired) electrons. The van der Waals surface area contributed by atoms with Gasteiger partial charge < -0.3 is 0 Å². The van der Waals surface area contributed by atoms with Crippen molar-refractivity contribution in [3.63, 3.8) is 0 Å².